The highest BCUT2D eigenvalue weighted by atomic mass is 16.5. The molecule has 0 bridgehead atoms. The maximum absolute atomic E-state index is 12.3. The molecule has 2 N–H and O–H groups in total. The highest BCUT2D eigenvalue weighted by molar-refractivity contribution is 5.89. The second-order valence-electron chi connectivity index (χ2n) is 7.99. The zero-order valence-electron chi connectivity index (χ0n) is 16.9. The minimum absolute atomic E-state index is 0.00703. The van der Waals surface area contributed by atoms with Gasteiger partial charge in [-0.1, -0.05) is 48.5 Å². The van der Waals surface area contributed by atoms with Crippen LogP contribution in [0, 0.1) is 0 Å². The molecule has 6 nitrogen and oxygen atoms in total. The maximum Gasteiger partial charge on any atom is 0.407 e. The van der Waals surface area contributed by atoms with E-state index in [2.05, 4.69) is 34.6 Å². The Hall–Kier alpha value is -3.67. The number of hydrogen-bond acceptors (Lipinski definition) is 4. The number of benzene rings is 2. The van der Waals surface area contributed by atoms with Crippen LogP contribution in [0.5, 0.6) is 0 Å². The number of nitrogens with one attached hydrogen (secondary N) is 1. The fourth-order valence-electron chi connectivity index (χ4n) is 4.28. The summed E-state index contributed by atoms with van der Waals surface area (Å²) in [6.07, 6.45) is 1.39. The van der Waals surface area contributed by atoms with Gasteiger partial charge in [0.25, 0.3) is 0 Å². The van der Waals surface area contributed by atoms with E-state index in [1.165, 1.54) is 11.1 Å². The predicted octanol–water partition coefficient (Wildman–Crippen LogP) is 4.70. The molecule has 2 aromatic carbocycles. The van der Waals surface area contributed by atoms with Crippen molar-refractivity contribution in [2.24, 2.45) is 0 Å². The van der Waals surface area contributed by atoms with E-state index in [1.807, 2.05) is 24.3 Å². The third-order valence-electron chi connectivity index (χ3n) is 5.93. The number of carboxylic acids is 1. The zero-order valence-corrected chi connectivity index (χ0v) is 16.9. The maximum atomic E-state index is 12.3. The van der Waals surface area contributed by atoms with Crippen LogP contribution in [-0.2, 0) is 11.3 Å². The quantitative estimate of drug-likeness (QED) is 0.611. The molecule has 31 heavy (non-hydrogen) atoms. The van der Waals surface area contributed by atoms with Crippen molar-refractivity contribution < 1.29 is 19.4 Å². The average molecular weight is 414 g/mol. The normalized spacial score (nSPS) is 14.6. The van der Waals surface area contributed by atoms with Crippen LogP contribution in [0.2, 0.25) is 0 Å². The molecule has 0 saturated heterocycles. The highest BCUT2D eigenvalue weighted by Crippen LogP contribution is 2.44. The second kappa shape index (κ2) is 7.87. The Balaban J connectivity index is 1.23. The van der Waals surface area contributed by atoms with Crippen molar-refractivity contribution in [2.45, 2.75) is 31.2 Å². The number of rotatable bonds is 6. The van der Waals surface area contributed by atoms with E-state index < -0.39 is 12.1 Å². The molecule has 0 spiro atoms. The number of hydrogen-bond donors (Lipinski definition) is 2. The van der Waals surface area contributed by atoms with Crippen LogP contribution in [0.1, 0.15) is 57.6 Å². The monoisotopic (exact) mass is 414 g/mol. The zero-order chi connectivity index (χ0) is 21.4. The van der Waals surface area contributed by atoms with Crippen molar-refractivity contribution >= 4 is 12.1 Å². The fraction of sp³-hybridized carbons (Fsp3) is 0.240. The molecule has 2 aliphatic rings. The summed E-state index contributed by atoms with van der Waals surface area (Å²) in [5.74, 6) is -0.751. The van der Waals surface area contributed by atoms with E-state index in [0.717, 1.165) is 24.0 Å². The minimum atomic E-state index is -0.967. The van der Waals surface area contributed by atoms with Gasteiger partial charge >= 0.3 is 12.1 Å². The van der Waals surface area contributed by atoms with Gasteiger partial charge in [0.2, 0.25) is 0 Å². The molecule has 1 saturated carbocycles. The lowest BCUT2D eigenvalue weighted by Gasteiger charge is -2.14. The number of aromatic nitrogens is 1. The van der Waals surface area contributed by atoms with Gasteiger partial charge in [-0.05, 0) is 47.2 Å². The third-order valence-corrected chi connectivity index (χ3v) is 5.93. The number of pyridine rings is 1. The van der Waals surface area contributed by atoms with Gasteiger partial charge in [-0.15, -0.1) is 0 Å². The molecule has 1 fully saturated rings. The number of carbonyl (C=O) groups is 2. The van der Waals surface area contributed by atoms with Crippen LogP contribution in [-0.4, -0.2) is 28.8 Å². The lowest BCUT2D eigenvalue weighted by Crippen LogP contribution is -2.26. The molecular weight excluding hydrogens is 392 g/mol. The molecule has 156 valence electrons. The molecule has 0 aliphatic heterocycles. The standard InChI is InChI=1S/C25H22N2O4/c28-24(29)21-12-11-16(27-23(21)15-9-10-15)13-26-25(30)31-14-22-19-7-3-1-5-17(19)18-6-2-4-8-20(18)22/h1-8,11-12,15,22H,9-10,13-14H2,(H,26,30)(H,28,29). The first-order valence-corrected chi connectivity index (χ1v) is 10.4. The number of aromatic carboxylic acids is 1. The van der Waals surface area contributed by atoms with Gasteiger partial charge in [0.1, 0.15) is 6.61 Å². The number of fused-ring (bicyclic) bond motifs is 3. The molecule has 0 atom stereocenters. The Labute approximate surface area is 179 Å². The third kappa shape index (κ3) is 3.77. The number of amides is 1. The van der Waals surface area contributed by atoms with Crippen LogP contribution in [0.25, 0.3) is 11.1 Å². The first-order valence-electron chi connectivity index (χ1n) is 10.4. The summed E-state index contributed by atoms with van der Waals surface area (Å²) in [6, 6.07) is 19.6. The lowest BCUT2D eigenvalue weighted by atomic mass is 9.98. The molecule has 6 heteroatoms. The van der Waals surface area contributed by atoms with E-state index in [1.54, 1.807) is 12.1 Å². The smallest absolute Gasteiger partial charge is 0.407 e. The Morgan fingerprint density at radius 1 is 0.968 bits per heavy atom. The molecule has 1 heterocycles. The molecule has 0 radical (unpaired) electrons. The molecular formula is C25H22N2O4. The summed E-state index contributed by atoms with van der Waals surface area (Å²) < 4.78 is 5.54. The SMILES string of the molecule is O=C(NCc1ccc(C(=O)O)c(C2CC2)n1)OCC1c2ccccc2-c2ccccc21. The Kier molecular flexibility index (Phi) is 4.90. The number of carbonyl (C=O) groups excluding carboxylic acids is 1. The van der Waals surface area contributed by atoms with Crippen molar-refractivity contribution in [3.63, 3.8) is 0 Å². The highest BCUT2D eigenvalue weighted by Gasteiger charge is 2.30. The van der Waals surface area contributed by atoms with Crippen LogP contribution < -0.4 is 5.32 Å². The Bertz CT molecular complexity index is 1120. The number of alkyl carbamates (subject to hydrolysis) is 1. The van der Waals surface area contributed by atoms with Gasteiger partial charge < -0.3 is 15.2 Å². The number of nitrogens with zero attached hydrogens (tertiary/aromatic N) is 1. The molecule has 1 aromatic heterocycles. The van der Waals surface area contributed by atoms with E-state index in [-0.39, 0.29) is 30.6 Å². The van der Waals surface area contributed by atoms with Crippen molar-refractivity contribution in [3.05, 3.63) is 88.7 Å². The molecule has 0 unspecified atom stereocenters. The lowest BCUT2D eigenvalue weighted by molar-refractivity contribution is 0.0695. The van der Waals surface area contributed by atoms with E-state index >= 15 is 0 Å². The summed E-state index contributed by atoms with van der Waals surface area (Å²) in [6.45, 7) is 0.439. The van der Waals surface area contributed by atoms with Gasteiger partial charge in [0, 0.05) is 11.8 Å². The van der Waals surface area contributed by atoms with Crippen LogP contribution in [0.3, 0.4) is 0 Å². The first kappa shape index (κ1) is 19.3. The van der Waals surface area contributed by atoms with Crippen LogP contribution in [0.15, 0.2) is 60.7 Å². The van der Waals surface area contributed by atoms with Crippen molar-refractivity contribution in [2.75, 3.05) is 6.61 Å². The van der Waals surface area contributed by atoms with E-state index in [9.17, 15) is 14.7 Å². The Morgan fingerprint density at radius 2 is 1.61 bits per heavy atom. The summed E-state index contributed by atoms with van der Waals surface area (Å²) in [4.78, 5) is 28.2. The van der Waals surface area contributed by atoms with Gasteiger partial charge in [-0.3, -0.25) is 4.98 Å². The number of carboxylic acid groups (broad SMARTS) is 1. The second-order valence-corrected chi connectivity index (χ2v) is 7.99. The van der Waals surface area contributed by atoms with Gasteiger partial charge in [0.15, 0.2) is 0 Å². The minimum Gasteiger partial charge on any atom is -0.478 e. The predicted molar refractivity (Wildman–Crippen MR) is 115 cm³/mol. The van der Waals surface area contributed by atoms with Crippen LogP contribution in [0.4, 0.5) is 4.79 Å². The molecule has 2 aliphatic carbocycles. The summed E-state index contributed by atoms with van der Waals surface area (Å²) in [5, 5.41) is 12.1. The largest absolute Gasteiger partial charge is 0.478 e. The summed E-state index contributed by atoms with van der Waals surface area (Å²) >= 11 is 0. The topological polar surface area (TPSA) is 88.5 Å². The number of ether oxygens (including phenoxy) is 1. The van der Waals surface area contributed by atoms with Crippen LogP contribution >= 0.6 is 0 Å². The molecule has 5 rings (SSSR count). The van der Waals surface area contributed by atoms with Gasteiger partial charge in [-0.25, -0.2) is 9.59 Å². The average Bonchev–Trinajstić information content (AvgIpc) is 3.59. The first-order chi connectivity index (χ1) is 15.1. The van der Waals surface area contributed by atoms with E-state index in [0.29, 0.717) is 11.4 Å². The van der Waals surface area contributed by atoms with Gasteiger partial charge in [-0.2, -0.15) is 0 Å². The van der Waals surface area contributed by atoms with Crippen molar-refractivity contribution in [3.8, 4) is 11.1 Å². The molecule has 1 amide bonds. The van der Waals surface area contributed by atoms with Gasteiger partial charge in [0.05, 0.1) is 23.5 Å². The van der Waals surface area contributed by atoms with E-state index in [4.69, 9.17) is 4.74 Å². The summed E-state index contributed by atoms with van der Waals surface area (Å²) in [7, 11) is 0. The summed E-state index contributed by atoms with van der Waals surface area (Å²) in [5.41, 5.74) is 6.17. The molecule has 3 aromatic rings. The van der Waals surface area contributed by atoms with Crippen molar-refractivity contribution in [1.29, 1.82) is 0 Å². The Morgan fingerprint density at radius 3 is 2.23 bits per heavy atom. The fourth-order valence-corrected chi connectivity index (χ4v) is 4.28. The van der Waals surface area contributed by atoms with Crippen molar-refractivity contribution in [1.82, 2.24) is 10.3 Å².